The van der Waals surface area contributed by atoms with Gasteiger partial charge in [-0.25, -0.2) is 0 Å². The highest BCUT2D eigenvalue weighted by molar-refractivity contribution is 6.18. The maximum atomic E-state index is 5.75. The molecule has 0 amide bonds. The van der Waals surface area contributed by atoms with Crippen molar-refractivity contribution in [1.82, 2.24) is 0 Å². The molecular formula is C12H18O2Si. The Kier molecular flexibility index (Phi) is 6.00. The molecule has 1 aromatic rings. The molecule has 82 valence electrons. The first-order valence-corrected chi connectivity index (χ1v) is 6.39. The third-order valence-electron chi connectivity index (χ3n) is 2.11. The van der Waals surface area contributed by atoms with Gasteiger partial charge in [-0.2, -0.15) is 0 Å². The molecule has 1 atom stereocenters. The summed E-state index contributed by atoms with van der Waals surface area (Å²) >= 11 is 0. The fourth-order valence-electron chi connectivity index (χ4n) is 1.33. The van der Waals surface area contributed by atoms with Crippen LogP contribution in [0, 0.1) is 0 Å². The second-order valence-corrected chi connectivity index (χ2v) is 4.18. The highest BCUT2D eigenvalue weighted by Gasteiger charge is 2.09. The van der Waals surface area contributed by atoms with Crippen LogP contribution in [0.1, 0.15) is 25.0 Å². The molecule has 0 saturated heterocycles. The van der Waals surface area contributed by atoms with E-state index in [2.05, 4.69) is 18.7 Å². The largest absolute Gasteiger partial charge is 0.399 e. The summed E-state index contributed by atoms with van der Waals surface area (Å²) in [5, 5.41) is 0. The van der Waals surface area contributed by atoms with Gasteiger partial charge in [0, 0.05) is 6.61 Å². The smallest absolute Gasteiger partial charge is 0.304 e. The van der Waals surface area contributed by atoms with Crippen LogP contribution in [0.15, 0.2) is 43.0 Å². The van der Waals surface area contributed by atoms with Gasteiger partial charge in [0.1, 0.15) is 0 Å². The molecule has 0 N–H and O–H groups in total. The number of rotatable bonds is 7. The fraction of sp³-hybridized carbons (Fsp3) is 0.333. The first kappa shape index (κ1) is 12.2. The van der Waals surface area contributed by atoms with Crippen molar-refractivity contribution in [1.29, 1.82) is 0 Å². The summed E-state index contributed by atoms with van der Waals surface area (Å²) in [6.45, 7) is 6.47. The molecule has 0 aliphatic heterocycles. The third kappa shape index (κ3) is 4.42. The molecule has 0 bridgehead atoms. The van der Waals surface area contributed by atoms with Gasteiger partial charge < -0.3 is 8.85 Å². The Morgan fingerprint density at radius 1 is 1.40 bits per heavy atom. The van der Waals surface area contributed by atoms with Crippen LogP contribution >= 0.6 is 0 Å². The van der Waals surface area contributed by atoms with E-state index >= 15 is 0 Å². The first-order valence-electron chi connectivity index (χ1n) is 5.23. The van der Waals surface area contributed by atoms with E-state index in [1.807, 2.05) is 31.2 Å². The van der Waals surface area contributed by atoms with E-state index in [9.17, 15) is 0 Å². The van der Waals surface area contributed by atoms with Crippen LogP contribution in [0.2, 0.25) is 0 Å². The van der Waals surface area contributed by atoms with Gasteiger partial charge in [0.05, 0.1) is 6.10 Å². The summed E-state index contributed by atoms with van der Waals surface area (Å²) in [5.74, 6) is 0. The lowest BCUT2D eigenvalue weighted by Crippen LogP contribution is -2.10. The lowest BCUT2D eigenvalue weighted by atomic mass is 10.1. The summed E-state index contributed by atoms with van der Waals surface area (Å²) in [5.41, 5.74) is 1.20. The van der Waals surface area contributed by atoms with E-state index in [-0.39, 0.29) is 6.10 Å². The summed E-state index contributed by atoms with van der Waals surface area (Å²) in [6, 6.07) is 10.2. The molecule has 3 heteroatoms. The minimum atomic E-state index is -0.848. The van der Waals surface area contributed by atoms with Crippen LogP contribution in [-0.4, -0.2) is 16.6 Å². The van der Waals surface area contributed by atoms with E-state index < -0.39 is 10.0 Å². The molecule has 1 rings (SSSR count). The molecular weight excluding hydrogens is 204 g/mol. The van der Waals surface area contributed by atoms with E-state index in [1.165, 1.54) is 5.56 Å². The SMILES string of the molecule is C=CCC(O[SiH2]OCC)c1ccccc1. The van der Waals surface area contributed by atoms with E-state index in [0.717, 1.165) is 13.0 Å². The Bertz CT molecular complexity index is 274. The molecule has 0 radical (unpaired) electrons. The zero-order valence-corrected chi connectivity index (χ0v) is 10.6. The summed E-state index contributed by atoms with van der Waals surface area (Å²) < 4.78 is 11.1. The van der Waals surface area contributed by atoms with Crippen LogP contribution < -0.4 is 0 Å². The Balaban J connectivity index is 2.53. The first-order chi connectivity index (χ1) is 7.38. The van der Waals surface area contributed by atoms with Gasteiger partial charge >= 0.3 is 10.0 Å². The average molecular weight is 222 g/mol. The number of hydrogen-bond donors (Lipinski definition) is 0. The average Bonchev–Trinajstić information content (AvgIpc) is 2.29. The Labute approximate surface area is 94.0 Å². The lowest BCUT2D eigenvalue weighted by molar-refractivity contribution is 0.162. The number of benzene rings is 1. The highest BCUT2D eigenvalue weighted by Crippen LogP contribution is 2.20. The Hall–Kier alpha value is -0.903. The minimum Gasteiger partial charge on any atom is -0.399 e. The van der Waals surface area contributed by atoms with Crippen molar-refractivity contribution in [3.05, 3.63) is 48.6 Å². The van der Waals surface area contributed by atoms with Crippen LogP contribution in [0.4, 0.5) is 0 Å². The molecule has 0 heterocycles. The van der Waals surface area contributed by atoms with Crippen molar-refractivity contribution in [3.8, 4) is 0 Å². The molecule has 0 saturated carbocycles. The normalized spacial score (nSPS) is 13.1. The maximum absolute atomic E-state index is 5.75. The molecule has 0 aromatic heterocycles. The summed E-state index contributed by atoms with van der Waals surface area (Å²) in [7, 11) is -0.848. The number of hydrogen-bond acceptors (Lipinski definition) is 2. The van der Waals surface area contributed by atoms with Crippen LogP contribution in [-0.2, 0) is 8.85 Å². The second kappa shape index (κ2) is 7.40. The van der Waals surface area contributed by atoms with Gasteiger partial charge in [0.25, 0.3) is 0 Å². The Morgan fingerprint density at radius 3 is 2.73 bits per heavy atom. The summed E-state index contributed by atoms with van der Waals surface area (Å²) in [4.78, 5) is 0. The van der Waals surface area contributed by atoms with Crippen LogP contribution in [0.25, 0.3) is 0 Å². The van der Waals surface area contributed by atoms with Gasteiger partial charge in [-0.1, -0.05) is 36.4 Å². The van der Waals surface area contributed by atoms with Crippen LogP contribution in [0.5, 0.6) is 0 Å². The van der Waals surface area contributed by atoms with E-state index in [1.54, 1.807) is 0 Å². The molecule has 0 spiro atoms. The van der Waals surface area contributed by atoms with Crippen molar-refractivity contribution in [2.75, 3.05) is 6.61 Å². The quantitative estimate of drug-likeness (QED) is 0.400. The predicted octanol–water partition coefficient (Wildman–Crippen LogP) is 2.36. The zero-order chi connectivity index (χ0) is 10.9. The predicted molar refractivity (Wildman–Crippen MR) is 65.3 cm³/mol. The van der Waals surface area contributed by atoms with Gasteiger partial charge in [-0.15, -0.1) is 6.58 Å². The van der Waals surface area contributed by atoms with Crippen molar-refractivity contribution in [3.63, 3.8) is 0 Å². The van der Waals surface area contributed by atoms with Gasteiger partial charge in [0.15, 0.2) is 0 Å². The zero-order valence-electron chi connectivity index (χ0n) is 9.19. The molecule has 0 fully saturated rings. The van der Waals surface area contributed by atoms with E-state index in [0.29, 0.717) is 0 Å². The molecule has 1 unspecified atom stereocenters. The van der Waals surface area contributed by atoms with Crippen molar-refractivity contribution in [2.24, 2.45) is 0 Å². The van der Waals surface area contributed by atoms with Crippen molar-refractivity contribution in [2.45, 2.75) is 19.4 Å². The maximum Gasteiger partial charge on any atom is 0.304 e. The van der Waals surface area contributed by atoms with E-state index in [4.69, 9.17) is 8.85 Å². The Morgan fingerprint density at radius 2 is 2.13 bits per heavy atom. The molecule has 15 heavy (non-hydrogen) atoms. The van der Waals surface area contributed by atoms with Crippen LogP contribution in [0.3, 0.4) is 0 Å². The van der Waals surface area contributed by atoms with Crippen molar-refractivity contribution < 1.29 is 8.85 Å². The van der Waals surface area contributed by atoms with Gasteiger partial charge in [-0.05, 0) is 18.9 Å². The monoisotopic (exact) mass is 222 g/mol. The molecule has 0 aliphatic rings. The third-order valence-corrected chi connectivity index (χ3v) is 3.22. The topological polar surface area (TPSA) is 18.5 Å². The molecule has 1 aromatic carbocycles. The molecule has 2 nitrogen and oxygen atoms in total. The lowest BCUT2D eigenvalue weighted by Gasteiger charge is -2.16. The second-order valence-electron chi connectivity index (χ2n) is 3.20. The standard InChI is InChI=1S/C12H18O2Si/c1-3-8-12(14-15-13-4-2)11-9-6-5-7-10-11/h3,5-7,9-10,12H,1,4,8,15H2,2H3. The minimum absolute atomic E-state index is 0.113. The highest BCUT2D eigenvalue weighted by atomic mass is 28.3. The van der Waals surface area contributed by atoms with Gasteiger partial charge in [0.2, 0.25) is 0 Å². The molecule has 0 aliphatic carbocycles. The van der Waals surface area contributed by atoms with Gasteiger partial charge in [-0.3, -0.25) is 0 Å². The van der Waals surface area contributed by atoms with Crippen molar-refractivity contribution >= 4 is 10.0 Å². The fourth-order valence-corrected chi connectivity index (χ4v) is 2.09. The summed E-state index contributed by atoms with van der Waals surface area (Å²) in [6.07, 6.45) is 2.84.